The fourth-order valence-corrected chi connectivity index (χ4v) is 0.925. The van der Waals surface area contributed by atoms with Gasteiger partial charge in [0.25, 0.3) is 0 Å². The maximum atomic E-state index is 9.01. The van der Waals surface area contributed by atoms with Gasteiger partial charge in [-0.05, 0) is 0 Å². The quantitative estimate of drug-likeness (QED) is 0.409. The molecule has 1 heterocycles. The molecule has 0 saturated carbocycles. The summed E-state index contributed by atoms with van der Waals surface area (Å²) in [5.41, 5.74) is 5.41. The van der Waals surface area contributed by atoms with E-state index < -0.39 is 0 Å². The van der Waals surface area contributed by atoms with E-state index in [0.29, 0.717) is 6.67 Å². The molecule has 4 N–H and O–H groups in total. The number of halogens is 1. The Morgan fingerprint density at radius 3 is 3.11 bits per heavy atom. The van der Waals surface area contributed by atoms with Gasteiger partial charge in [0.1, 0.15) is 0 Å². The highest BCUT2D eigenvalue weighted by molar-refractivity contribution is 14.1. The zero-order valence-corrected chi connectivity index (χ0v) is 6.87. The van der Waals surface area contributed by atoms with Crippen molar-refractivity contribution in [2.75, 3.05) is 6.67 Å². The van der Waals surface area contributed by atoms with Crippen LogP contribution in [0.1, 0.15) is 0 Å². The number of nitrogens with one attached hydrogen (secondary N) is 1. The van der Waals surface area contributed by atoms with Crippen LogP contribution in [0.5, 0.6) is 0 Å². The van der Waals surface area contributed by atoms with E-state index in [1.54, 1.807) is 9.19 Å². The molecule has 5 heteroatoms. The summed E-state index contributed by atoms with van der Waals surface area (Å²) in [5, 5.41) is 11.9. The van der Waals surface area contributed by atoms with Crippen LogP contribution in [0.2, 0.25) is 0 Å². The lowest BCUT2D eigenvalue weighted by atomic mass is 10.4. The first-order chi connectivity index (χ1) is 4.20. The van der Waals surface area contributed by atoms with Crippen molar-refractivity contribution in [3.05, 3.63) is 12.0 Å². The molecule has 1 rings (SSSR count). The molecule has 9 heavy (non-hydrogen) atoms. The zero-order chi connectivity index (χ0) is 6.85. The highest BCUT2D eigenvalue weighted by atomic mass is 127. The van der Waals surface area contributed by atoms with Gasteiger partial charge in [-0.3, -0.25) is 8.43 Å². The topological polar surface area (TPSA) is 61.5 Å². The lowest BCUT2D eigenvalue weighted by Gasteiger charge is -2.23. The van der Waals surface area contributed by atoms with Gasteiger partial charge in [0, 0.05) is 6.08 Å². The minimum absolute atomic E-state index is 0.212. The SMILES string of the molecule is NC1C=C(O)N(I)CN1. The van der Waals surface area contributed by atoms with Gasteiger partial charge in [0.2, 0.25) is 0 Å². The Hall–Kier alpha value is -0.01000. The third kappa shape index (κ3) is 1.70. The first-order valence-electron chi connectivity index (χ1n) is 2.53. The second-order valence-electron chi connectivity index (χ2n) is 1.78. The first-order valence-corrected chi connectivity index (χ1v) is 3.49. The fourth-order valence-electron chi connectivity index (χ4n) is 0.567. The molecule has 0 radical (unpaired) electrons. The summed E-state index contributed by atoms with van der Waals surface area (Å²) in [6, 6.07) is 0. The minimum Gasteiger partial charge on any atom is -0.494 e. The zero-order valence-electron chi connectivity index (χ0n) is 4.71. The fraction of sp³-hybridized carbons (Fsp3) is 0.500. The summed E-state index contributed by atoms with van der Waals surface area (Å²) in [6.07, 6.45) is 1.34. The van der Waals surface area contributed by atoms with Crippen LogP contribution in [-0.2, 0) is 0 Å². The van der Waals surface area contributed by atoms with Crippen molar-refractivity contribution in [1.29, 1.82) is 0 Å². The van der Waals surface area contributed by atoms with Crippen LogP contribution in [0, 0.1) is 0 Å². The molecule has 0 amide bonds. The van der Waals surface area contributed by atoms with E-state index in [0.717, 1.165) is 0 Å². The number of nitrogens with zero attached hydrogens (tertiary/aromatic N) is 1. The summed E-state index contributed by atoms with van der Waals surface area (Å²) >= 11 is 1.99. The average Bonchev–Trinajstić information content (AvgIpc) is 1.80. The number of hydrogen-bond donors (Lipinski definition) is 3. The van der Waals surface area contributed by atoms with E-state index in [1.165, 1.54) is 0 Å². The summed E-state index contributed by atoms with van der Waals surface area (Å²) in [5.74, 6) is 0.224. The summed E-state index contributed by atoms with van der Waals surface area (Å²) in [6.45, 7) is 0.587. The Balaban J connectivity index is 2.61. The van der Waals surface area contributed by atoms with Crippen molar-refractivity contribution in [1.82, 2.24) is 8.43 Å². The van der Waals surface area contributed by atoms with E-state index in [2.05, 4.69) is 5.32 Å². The lowest BCUT2D eigenvalue weighted by Crippen LogP contribution is -2.44. The maximum Gasteiger partial charge on any atom is 0.195 e. The predicted octanol–water partition coefficient (Wildman–Crippen LogP) is -0.117. The van der Waals surface area contributed by atoms with Crippen LogP contribution in [0.3, 0.4) is 0 Å². The third-order valence-corrected chi connectivity index (χ3v) is 1.88. The van der Waals surface area contributed by atoms with Crippen molar-refractivity contribution >= 4 is 22.9 Å². The Morgan fingerprint density at radius 1 is 2.00 bits per heavy atom. The molecule has 1 atom stereocenters. The van der Waals surface area contributed by atoms with Gasteiger partial charge < -0.3 is 10.8 Å². The predicted molar refractivity (Wildman–Crippen MR) is 42.5 cm³/mol. The molecule has 0 aromatic rings. The minimum atomic E-state index is -0.212. The molecule has 0 spiro atoms. The largest absolute Gasteiger partial charge is 0.494 e. The monoisotopic (exact) mass is 241 g/mol. The van der Waals surface area contributed by atoms with E-state index in [-0.39, 0.29) is 12.0 Å². The molecule has 52 valence electrons. The lowest BCUT2D eigenvalue weighted by molar-refractivity contribution is 0.272. The van der Waals surface area contributed by atoms with Crippen molar-refractivity contribution in [2.45, 2.75) is 6.17 Å². The molecule has 0 aromatic carbocycles. The number of hydrogen-bond acceptors (Lipinski definition) is 4. The van der Waals surface area contributed by atoms with Gasteiger partial charge in [0.15, 0.2) is 5.88 Å². The van der Waals surface area contributed by atoms with Crippen molar-refractivity contribution in [3.8, 4) is 0 Å². The molecular formula is C4H8IN3O. The molecule has 1 unspecified atom stereocenters. The molecular weight excluding hydrogens is 233 g/mol. The number of rotatable bonds is 0. The van der Waals surface area contributed by atoms with Crippen LogP contribution >= 0.6 is 22.9 Å². The van der Waals surface area contributed by atoms with Gasteiger partial charge in [-0.1, -0.05) is 0 Å². The molecule has 0 bridgehead atoms. The smallest absolute Gasteiger partial charge is 0.195 e. The van der Waals surface area contributed by atoms with Crippen molar-refractivity contribution < 1.29 is 5.11 Å². The Kier molecular flexibility index (Phi) is 2.14. The summed E-state index contributed by atoms with van der Waals surface area (Å²) in [4.78, 5) is 0. The molecule has 1 aliphatic heterocycles. The Bertz CT molecular complexity index is 138. The van der Waals surface area contributed by atoms with E-state index in [1.807, 2.05) is 22.9 Å². The highest BCUT2D eigenvalue weighted by Crippen LogP contribution is 2.09. The van der Waals surface area contributed by atoms with E-state index in [9.17, 15) is 0 Å². The molecule has 1 aliphatic rings. The molecule has 0 aliphatic carbocycles. The molecule has 0 fully saturated rings. The van der Waals surface area contributed by atoms with Gasteiger partial charge in [-0.25, -0.2) is 0 Å². The summed E-state index contributed by atoms with van der Waals surface area (Å²) in [7, 11) is 0. The van der Waals surface area contributed by atoms with Gasteiger partial charge in [-0.15, -0.1) is 0 Å². The van der Waals surface area contributed by atoms with Crippen LogP contribution in [-0.4, -0.2) is 21.1 Å². The van der Waals surface area contributed by atoms with Crippen molar-refractivity contribution in [3.63, 3.8) is 0 Å². The van der Waals surface area contributed by atoms with E-state index >= 15 is 0 Å². The van der Waals surface area contributed by atoms with Crippen molar-refractivity contribution in [2.24, 2.45) is 5.73 Å². The van der Waals surface area contributed by atoms with Gasteiger partial charge in [-0.2, -0.15) is 0 Å². The molecule has 0 aromatic heterocycles. The Morgan fingerprint density at radius 2 is 2.67 bits per heavy atom. The summed E-state index contributed by atoms with van der Waals surface area (Å²) < 4.78 is 1.64. The number of aliphatic hydroxyl groups is 1. The normalized spacial score (nSPS) is 28.0. The second-order valence-corrected chi connectivity index (χ2v) is 2.94. The standard InChI is InChI=1S/C4H8IN3O/c5-8-2-7-3(6)1-4(8)9/h1,3,7,9H,2,6H2. The van der Waals surface area contributed by atoms with Crippen LogP contribution < -0.4 is 11.1 Å². The molecule has 0 saturated heterocycles. The number of nitrogens with two attached hydrogens (primary N) is 1. The van der Waals surface area contributed by atoms with Crippen LogP contribution in [0.4, 0.5) is 0 Å². The van der Waals surface area contributed by atoms with Gasteiger partial charge in [0.05, 0.1) is 35.7 Å². The van der Waals surface area contributed by atoms with Crippen LogP contribution in [0.15, 0.2) is 12.0 Å². The molecule has 4 nitrogen and oxygen atoms in total. The average molecular weight is 241 g/mol. The Labute approximate surface area is 67.2 Å². The third-order valence-electron chi connectivity index (χ3n) is 1.04. The number of aliphatic hydroxyl groups excluding tert-OH is 1. The van der Waals surface area contributed by atoms with Gasteiger partial charge >= 0.3 is 0 Å². The van der Waals surface area contributed by atoms with E-state index in [4.69, 9.17) is 10.8 Å². The van der Waals surface area contributed by atoms with Crippen LogP contribution in [0.25, 0.3) is 0 Å². The maximum absolute atomic E-state index is 9.01. The second kappa shape index (κ2) is 2.72. The first kappa shape index (κ1) is 7.10. The highest BCUT2D eigenvalue weighted by Gasteiger charge is 2.12.